The molecule has 1 N–H and O–H groups in total. The predicted molar refractivity (Wildman–Crippen MR) is 47.1 cm³/mol. The summed E-state index contributed by atoms with van der Waals surface area (Å²) in [6, 6.07) is 0. The van der Waals surface area contributed by atoms with Gasteiger partial charge in [-0.2, -0.15) is 0 Å². The molecule has 2 nitrogen and oxygen atoms in total. The van der Waals surface area contributed by atoms with E-state index in [-0.39, 0.29) is 7.33 Å². The van der Waals surface area contributed by atoms with E-state index in [1.165, 1.54) is 0 Å². The Bertz CT molecular complexity index is 76.5. The summed E-state index contributed by atoms with van der Waals surface area (Å²) in [5.41, 5.74) is 0. The largest absolute Gasteiger partial charge is 0.356 e. The average Bonchev–Trinajstić information content (AvgIpc) is 2.04. The van der Waals surface area contributed by atoms with Crippen molar-refractivity contribution in [2.45, 2.75) is 40.5 Å². The van der Waals surface area contributed by atoms with E-state index in [1.54, 1.807) is 0 Å². The number of hydrogen-bond donors (Lipinski definition) is 1. The molecule has 2 heteroatoms. The summed E-state index contributed by atoms with van der Waals surface area (Å²) < 4.78 is 0. The molecule has 0 heterocycles. The van der Waals surface area contributed by atoms with Crippen molar-refractivity contribution in [1.82, 2.24) is 5.32 Å². The van der Waals surface area contributed by atoms with Crippen molar-refractivity contribution >= 4 is 5.91 Å². The molecule has 0 bridgehead atoms. The lowest BCUT2D eigenvalue weighted by Crippen LogP contribution is -2.22. The van der Waals surface area contributed by atoms with Crippen LogP contribution in [0, 0.1) is 0 Å². The summed E-state index contributed by atoms with van der Waals surface area (Å²) >= 11 is 0. The zero-order valence-electron chi connectivity index (χ0n) is 7.53. The SMILES string of the molecule is CC.CCCNC(=O)CC.[HH]. The predicted octanol–water partition coefficient (Wildman–Crippen LogP) is 2.19. The van der Waals surface area contributed by atoms with Crippen LogP contribution in [-0.4, -0.2) is 12.5 Å². The lowest BCUT2D eigenvalue weighted by atomic mass is 10.4. The third-order valence-electron chi connectivity index (χ3n) is 0.893. The summed E-state index contributed by atoms with van der Waals surface area (Å²) in [7, 11) is 0. The van der Waals surface area contributed by atoms with Crippen LogP contribution in [-0.2, 0) is 4.79 Å². The van der Waals surface area contributed by atoms with Gasteiger partial charge in [-0.25, -0.2) is 0 Å². The molecule has 64 valence electrons. The van der Waals surface area contributed by atoms with Gasteiger partial charge in [-0.3, -0.25) is 4.79 Å². The number of carbonyl (C=O) groups is 1. The van der Waals surface area contributed by atoms with Crippen molar-refractivity contribution in [1.29, 1.82) is 0 Å². The molecular weight excluding hydrogens is 126 g/mol. The Hall–Kier alpha value is -0.530. The van der Waals surface area contributed by atoms with Gasteiger partial charge in [0.15, 0.2) is 0 Å². The van der Waals surface area contributed by atoms with Gasteiger partial charge in [0, 0.05) is 14.4 Å². The van der Waals surface area contributed by atoms with Gasteiger partial charge in [0.25, 0.3) is 0 Å². The molecule has 0 aromatic rings. The smallest absolute Gasteiger partial charge is 0.219 e. The van der Waals surface area contributed by atoms with Crippen molar-refractivity contribution in [2.75, 3.05) is 6.54 Å². The summed E-state index contributed by atoms with van der Waals surface area (Å²) in [4.78, 5) is 10.5. The van der Waals surface area contributed by atoms with Gasteiger partial charge in [0.2, 0.25) is 5.91 Å². The fourth-order valence-electron chi connectivity index (χ4n) is 0.389. The number of hydrogen-bond acceptors (Lipinski definition) is 1. The summed E-state index contributed by atoms with van der Waals surface area (Å²) in [6.45, 7) is 8.70. The van der Waals surface area contributed by atoms with Crippen LogP contribution in [0.3, 0.4) is 0 Å². The van der Waals surface area contributed by atoms with E-state index in [9.17, 15) is 4.79 Å². The first-order valence-electron chi connectivity index (χ1n) is 4.08. The molecule has 0 atom stereocenters. The molecule has 0 aromatic heterocycles. The molecule has 10 heavy (non-hydrogen) atoms. The number of amides is 1. The monoisotopic (exact) mass is 147 g/mol. The van der Waals surface area contributed by atoms with E-state index in [2.05, 4.69) is 5.32 Å². The zero-order valence-corrected chi connectivity index (χ0v) is 7.53. The third kappa shape index (κ3) is 10.5. The highest BCUT2D eigenvalue weighted by Crippen LogP contribution is 1.75. The van der Waals surface area contributed by atoms with E-state index in [1.807, 2.05) is 27.7 Å². The maximum absolute atomic E-state index is 10.5. The highest BCUT2D eigenvalue weighted by molar-refractivity contribution is 5.75. The highest BCUT2D eigenvalue weighted by Gasteiger charge is 1.90. The Morgan fingerprint density at radius 2 is 1.90 bits per heavy atom. The molecule has 0 aromatic carbocycles. The first-order chi connectivity index (χ1) is 4.81. The van der Waals surface area contributed by atoms with Crippen LogP contribution in [0.1, 0.15) is 42.0 Å². The van der Waals surface area contributed by atoms with Gasteiger partial charge in [-0.15, -0.1) is 0 Å². The lowest BCUT2D eigenvalue weighted by Gasteiger charge is -1.97. The second kappa shape index (κ2) is 11.3. The molecule has 0 aliphatic heterocycles. The van der Waals surface area contributed by atoms with E-state index in [0.717, 1.165) is 13.0 Å². The molecule has 0 saturated heterocycles. The zero-order chi connectivity index (χ0) is 8.41. The Labute approximate surface area is 65.5 Å². The van der Waals surface area contributed by atoms with Crippen LogP contribution >= 0.6 is 0 Å². The molecule has 1 amide bonds. The molecule has 0 rings (SSSR count). The molecule has 0 unspecified atom stereocenters. The standard InChI is InChI=1S/C6H13NO.C2H6.H2/c1-3-5-7-6(8)4-2;1-2;/h3-5H2,1-2H3,(H,7,8);1-2H3;1H. The average molecular weight is 147 g/mol. The van der Waals surface area contributed by atoms with Crippen LogP contribution in [0.5, 0.6) is 0 Å². The number of carbonyl (C=O) groups excluding carboxylic acids is 1. The van der Waals surface area contributed by atoms with Gasteiger partial charge in [-0.05, 0) is 6.42 Å². The summed E-state index contributed by atoms with van der Waals surface area (Å²) in [5, 5.41) is 2.74. The normalized spacial score (nSPS) is 7.60. The van der Waals surface area contributed by atoms with Crippen LogP contribution in [0.4, 0.5) is 0 Å². The molecule has 0 saturated carbocycles. The second-order valence-corrected chi connectivity index (χ2v) is 1.70. The maximum Gasteiger partial charge on any atom is 0.219 e. The van der Waals surface area contributed by atoms with Crippen molar-refractivity contribution in [2.24, 2.45) is 0 Å². The Morgan fingerprint density at radius 1 is 1.40 bits per heavy atom. The van der Waals surface area contributed by atoms with Gasteiger partial charge < -0.3 is 5.32 Å². The molecular formula is C8H21NO. The van der Waals surface area contributed by atoms with Gasteiger partial charge >= 0.3 is 0 Å². The van der Waals surface area contributed by atoms with Crippen molar-refractivity contribution in [3.63, 3.8) is 0 Å². The van der Waals surface area contributed by atoms with E-state index >= 15 is 0 Å². The van der Waals surface area contributed by atoms with Crippen molar-refractivity contribution < 1.29 is 6.22 Å². The summed E-state index contributed by atoms with van der Waals surface area (Å²) in [6.07, 6.45) is 1.62. The number of nitrogens with one attached hydrogen (secondary N) is 1. The van der Waals surface area contributed by atoms with Gasteiger partial charge in [0.1, 0.15) is 0 Å². The molecule has 0 radical (unpaired) electrons. The van der Waals surface area contributed by atoms with Crippen molar-refractivity contribution in [3.05, 3.63) is 0 Å². The van der Waals surface area contributed by atoms with Crippen LogP contribution < -0.4 is 5.32 Å². The second-order valence-electron chi connectivity index (χ2n) is 1.70. The lowest BCUT2D eigenvalue weighted by molar-refractivity contribution is -0.120. The minimum atomic E-state index is 0. The van der Waals surface area contributed by atoms with Gasteiger partial charge in [0.05, 0.1) is 0 Å². The fraction of sp³-hybridized carbons (Fsp3) is 0.875. The van der Waals surface area contributed by atoms with Crippen LogP contribution in [0.2, 0.25) is 0 Å². The Kier molecular flexibility index (Phi) is 13.7. The van der Waals surface area contributed by atoms with E-state index < -0.39 is 0 Å². The number of rotatable bonds is 3. The maximum atomic E-state index is 10.5. The first-order valence-corrected chi connectivity index (χ1v) is 4.08. The van der Waals surface area contributed by atoms with Crippen LogP contribution in [0.15, 0.2) is 0 Å². The Morgan fingerprint density at radius 3 is 2.20 bits per heavy atom. The Balaban J connectivity index is -0.000000196. The molecule has 0 fully saturated rings. The fourth-order valence-corrected chi connectivity index (χ4v) is 0.389. The van der Waals surface area contributed by atoms with Crippen molar-refractivity contribution in [3.8, 4) is 0 Å². The molecule has 0 aliphatic carbocycles. The highest BCUT2D eigenvalue weighted by atomic mass is 16.1. The quantitative estimate of drug-likeness (QED) is 0.651. The van der Waals surface area contributed by atoms with E-state index in [4.69, 9.17) is 0 Å². The van der Waals surface area contributed by atoms with Gasteiger partial charge in [-0.1, -0.05) is 27.7 Å². The first kappa shape index (κ1) is 12.2. The van der Waals surface area contributed by atoms with Crippen LogP contribution in [0.25, 0.3) is 0 Å². The minimum Gasteiger partial charge on any atom is -0.356 e. The summed E-state index contributed by atoms with van der Waals surface area (Å²) in [5.74, 6) is 0.145. The van der Waals surface area contributed by atoms with E-state index in [0.29, 0.717) is 6.42 Å². The topological polar surface area (TPSA) is 29.1 Å². The molecule has 0 spiro atoms. The minimum absolute atomic E-state index is 0. The molecule has 0 aliphatic rings. The third-order valence-corrected chi connectivity index (χ3v) is 0.893.